The van der Waals surface area contributed by atoms with Gasteiger partial charge in [0, 0.05) is 24.5 Å². The van der Waals surface area contributed by atoms with Crippen LogP contribution in [-0.4, -0.2) is 16.5 Å². The van der Waals surface area contributed by atoms with Crippen molar-refractivity contribution >= 4 is 0 Å². The molecule has 1 aromatic heterocycles. The Labute approximate surface area is 91.1 Å². The molecule has 1 saturated carbocycles. The smallest absolute Gasteiger partial charge is 0.0617 e. The van der Waals surface area contributed by atoms with Crippen molar-refractivity contribution in [3.63, 3.8) is 0 Å². The molecule has 82 valence electrons. The predicted molar refractivity (Wildman–Crippen MR) is 60.4 cm³/mol. The van der Waals surface area contributed by atoms with Gasteiger partial charge >= 0.3 is 0 Å². The van der Waals surface area contributed by atoms with E-state index in [0.29, 0.717) is 11.3 Å². The van der Waals surface area contributed by atoms with Crippen LogP contribution in [0, 0.1) is 5.41 Å². The molecular formula is C12H19N3. The first-order chi connectivity index (χ1) is 7.23. The standard InChI is InChI=1S/C12H19N3/c1-12(9-13)4-2-10(3-5-12)11-8-14-6-7-15-11/h6-8,10H,2-5,9,13H2,1H3. The third-order valence-corrected chi connectivity index (χ3v) is 3.69. The summed E-state index contributed by atoms with van der Waals surface area (Å²) in [4.78, 5) is 8.51. The molecule has 3 heteroatoms. The van der Waals surface area contributed by atoms with Gasteiger partial charge in [-0.2, -0.15) is 0 Å². The van der Waals surface area contributed by atoms with Crippen molar-refractivity contribution in [2.24, 2.45) is 11.1 Å². The molecule has 2 rings (SSSR count). The van der Waals surface area contributed by atoms with E-state index in [1.807, 2.05) is 6.20 Å². The maximum absolute atomic E-state index is 5.79. The lowest BCUT2D eigenvalue weighted by Gasteiger charge is -2.36. The second-order valence-electron chi connectivity index (χ2n) is 4.92. The van der Waals surface area contributed by atoms with E-state index in [-0.39, 0.29) is 0 Å². The molecule has 2 N–H and O–H groups in total. The molecule has 1 heterocycles. The lowest BCUT2D eigenvalue weighted by molar-refractivity contribution is 0.206. The summed E-state index contributed by atoms with van der Waals surface area (Å²) >= 11 is 0. The molecule has 1 aliphatic rings. The van der Waals surface area contributed by atoms with Crippen LogP contribution in [0.15, 0.2) is 18.6 Å². The molecule has 0 saturated heterocycles. The molecule has 0 unspecified atom stereocenters. The summed E-state index contributed by atoms with van der Waals surface area (Å²) < 4.78 is 0. The maximum Gasteiger partial charge on any atom is 0.0617 e. The SMILES string of the molecule is CC1(CN)CCC(c2cnccn2)CC1. The largest absolute Gasteiger partial charge is 0.330 e. The Hall–Kier alpha value is -0.960. The maximum atomic E-state index is 5.79. The van der Waals surface area contributed by atoms with Gasteiger partial charge in [0.2, 0.25) is 0 Å². The van der Waals surface area contributed by atoms with Crippen LogP contribution in [0.5, 0.6) is 0 Å². The second-order valence-corrected chi connectivity index (χ2v) is 4.92. The van der Waals surface area contributed by atoms with Gasteiger partial charge in [0.15, 0.2) is 0 Å². The van der Waals surface area contributed by atoms with E-state index in [9.17, 15) is 0 Å². The van der Waals surface area contributed by atoms with Crippen LogP contribution in [-0.2, 0) is 0 Å². The van der Waals surface area contributed by atoms with Crippen LogP contribution in [0.4, 0.5) is 0 Å². The Balaban J connectivity index is 2.00. The second kappa shape index (κ2) is 4.27. The lowest BCUT2D eigenvalue weighted by atomic mass is 9.71. The Morgan fingerprint density at radius 1 is 1.40 bits per heavy atom. The molecule has 1 fully saturated rings. The van der Waals surface area contributed by atoms with Crippen LogP contribution in [0.2, 0.25) is 0 Å². The van der Waals surface area contributed by atoms with Crippen LogP contribution < -0.4 is 5.73 Å². The van der Waals surface area contributed by atoms with E-state index in [4.69, 9.17) is 5.73 Å². The van der Waals surface area contributed by atoms with Crippen molar-refractivity contribution in [3.8, 4) is 0 Å². The van der Waals surface area contributed by atoms with Crippen molar-refractivity contribution in [1.29, 1.82) is 0 Å². The molecule has 0 atom stereocenters. The number of nitrogens with two attached hydrogens (primary N) is 1. The molecule has 0 spiro atoms. The summed E-state index contributed by atoms with van der Waals surface area (Å²) in [5.74, 6) is 0.596. The lowest BCUT2D eigenvalue weighted by Crippen LogP contribution is -2.31. The zero-order valence-corrected chi connectivity index (χ0v) is 9.32. The molecule has 1 aromatic rings. The number of rotatable bonds is 2. The molecule has 0 amide bonds. The monoisotopic (exact) mass is 205 g/mol. The minimum Gasteiger partial charge on any atom is -0.330 e. The zero-order valence-electron chi connectivity index (χ0n) is 9.32. The highest BCUT2D eigenvalue weighted by Gasteiger charge is 2.30. The van der Waals surface area contributed by atoms with Crippen molar-refractivity contribution in [2.75, 3.05) is 6.54 Å². The van der Waals surface area contributed by atoms with Gasteiger partial charge in [-0.05, 0) is 37.6 Å². The quantitative estimate of drug-likeness (QED) is 0.804. The highest BCUT2D eigenvalue weighted by atomic mass is 14.8. The number of hydrogen-bond donors (Lipinski definition) is 1. The third-order valence-electron chi connectivity index (χ3n) is 3.69. The van der Waals surface area contributed by atoms with Gasteiger partial charge in [-0.3, -0.25) is 9.97 Å². The molecule has 0 bridgehead atoms. The summed E-state index contributed by atoms with van der Waals surface area (Å²) in [6.07, 6.45) is 10.2. The summed E-state index contributed by atoms with van der Waals surface area (Å²) in [5, 5.41) is 0. The van der Waals surface area contributed by atoms with E-state index in [1.165, 1.54) is 25.7 Å². The highest BCUT2D eigenvalue weighted by molar-refractivity contribution is 5.05. The number of aromatic nitrogens is 2. The van der Waals surface area contributed by atoms with Gasteiger partial charge in [-0.25, -0.2) is 0 Å². The molecule has 15 heavy (non-hydrogen) atoms. The molecule has 0 aliphatic heterocycles. The minimum atomic E-state index is 0.360. The summed E-state index contributed by atoms with van der Waals surface area (Å²) in [6.45, 7) is 3.10. The predicted octanol–water partition coefficient (Wildman–Crippen LogP) is 2.10. The van der Waals surface area contributed by atoms with Crippen molar-refractivity contribution < 1.29 is 0 Å². The average Bonchev–Trinajstić information content (AvgIpc) is 2.31. The average molecular weight is 205 g/mol. The zero-order chi connectivity index (χ0) is 10.7. The fourth-order valence-electron chi connectivity index (χ4n) is 2.34. The van der Waals surface area contributed by atoms with Gasteiger partial charge in [-0.1, -0.05) is 6.92 Å². The Kier molecular flexibility index (Phi) is 3.00. The van der Waals surface area contributed by atoms with Gasteiger partial charge in [0.1, 0.15) is 0 Å². The Morgan fingerprint density at radius 2 is 2.13 bits per heavy atom. The number of nitrogens with zero attached hydrogens (tertiary/aromatic N) is 2. The van der Waals surface area contributed by atoms with Gasteiger partial charge in [0.05, 0.1) is 5.69 Å². The minimum absolute atomic E-state index is 0.360. The van der Waals surface area contributed by atoms with Crippen molar-refractivity contribution in [3.05, 3.63) is 24.3 Å². The van der Waals surface area contributed by atoms with E-state index in [1.54, 1.807) is 12.4 Å². The third kappa shape index (κ3) is 2.34. The van der Waals surface area contributed by atoms with Gasteiger partial charge in [0.25, 0.3) is 0 Å². The first-order valence-corrected chi connectivity index (χ1v) is 5.69. The molecule has 1 aliphatic carbocycles. The van der Waals surface area contributed by atoms with Crippen LogP contribution >= 0.6 is 0 Å². The van der Waals surface area contributed by atoms with Crippen molar-refractivity contribution in [2.45, 2.75) is 38.5 Å². The molecular weight excluding hydrogens is 186 g/mol. The van der Waals surface area contributed by atoms with E-state index in [0.717, 1.165) is 12.2 Å². The molecule has 0 aromatic carbocycles. The number of hydrogen-bond acceptors (Lipinski definition) is 3. The summed E-state index contributed by atoms with van der Waals surface area (Å²) in [5.41, 5.74) is 7.30. The molecule has 0 radical (unpaired) electrons. The van der Waals surface area contributed by atoms with Gasteiger partial charge < -0.3 is 5.73 Å². The van der Waals surface area contributed by atoms with E-state index < -0.39 is 0 Å². The fourth-order valence-corrected chi connectivity index (χ4v) is 2.34. The van der Waals surface area contributed by atoms with E-state index >= 15 is 0 Å². The highest BCUT2D eigenvalue weighted by Crippen LogP contribution is 2.41. The summed E-state index contributed by atoms with van der Waals surface area (Å²) in [7, 11) is 0. The van der Waals surface area contributed by atoms with Crippen molar-refractivity contribution in [1.82, 2.24) is 9.97 Å². The molecule has 3 nitrogen and oxygen atoms in total. The summed E-state index contributed by atoms with van der Waals surface area (Å²) in [6, 6.07) is 0. The topological polar surface area (TPSA) is 51.8 Å². The van der Waals surface area contributed by atoms with Crippen LogP contribution in [0.25, 0.3) is 0 Å². The Bertz CT molecular complexity index is 302. The van der Waals surface area contributed by atoms with Gasteiger partial charge in [-0.15, -0.1) is 0 Å². The Morgan fingerprint density at radius 3 is 2.67 bits per heavy atom. The van der Waals surface area contributed by atoms with Crippen LogP contribution in [0.1, 0.15) is 44.2 Å². The van der Waals surface area contributed by atoms with Crippen LogP contribution in [0.3, 0.4) is 0 Å². The first-order valence-electron chi connectivity index (χ1n) is 5.69. The first kappa shape index (κ1) is 10.6. The normalized spacial score (nSPS) is 31.5. The van der Waals surface area contributed by atoms with E-state index in [2.05, 4.69) is 16.9 Å². The fraction of sp³-hybridized carbons (Fsp3) is 0.667.